The van der Waals surface area contributed by atoms with Crippen molar-refractivity contribution in [1.29, 1.82) is 0 Å². The fourth-order valence-electron chi connectivity index (χ4n) is 2.35. The zero-order valence-corrected chi connectivity index (χ0v) is 14.3. The third-order valence-electron chi connectivity index (χ3n) is 3.49. The predicted octanol–water partition coefficient (Wildman–Crippen LogP) is 3.73. The summed E-state index contributed by atoms with van der Waals surface area (Å²) in [5.74, 6) is 4.03. The van der Waals surface area contributed by atoms with Crippen LogP contribution < -0.4 is 0 Å². The van der Waals surface area contributed by atoms with Gasteiger partial charge in [0.05, 0.1) is 11.3 Å². The van der Waals surface area contributed by atoms with Gasteiger partial charge in [-0.25, -0.2) is 0 Å². The van der Waals surface area contributed by atoms with Crippen molar-refractivity contribution in [3.05, 3.63) is 23.0 Å². The second-order valence-corrected chi connectivity index (χ2v) is 7.17. The molecule has 0 radical (unpaired) electrons. The first kappa shape index (κ1) is 16.9. The van der Waals surface area contributed by atoms with E-state index in [1.165, 1.54) is 19.3 Å². The first-order chi connectivity index (χ1) is 10.3. The molecule has 0 unspecified atom stereocenters. The third kappa shape index (κ3) is 4.52. The van der Waals surface area contributed by atoms with Gasteiger partial charge in [-0.15, -0.1) is 0 Å². The van der Waals surface area contributed by atoms with E-state index >= 15 is 0 Å². The van der Waals surface area contributed by atoms with E-state index in [1.807, 2.05) is 29.7 Å². The summed E-state index contributed by atoms with van der Waals surface area (Å²) in [7, 11) is 3.18. The molecule has 2 bridgehead atoms. The number of thioether (sulfide) groups is 2. The molecule has 2 aliphatic heterocycles. The largest absolute Gasteiger partial charge is 0.506 e. The van der Waals surface area contributed by atoms with Crippen molar-refractivity contribution in [2.75, 3.05) is 25.7 Å². The lowest BCUT2D eigenvalue weighted by Crippen LogP contribution is -2.09. The minimum Gasteiger partial charge on any atom is -0.506 e. The molecule has 0 fully saturated rings. The maximum Gasteiger partial charge on any atom is 0.187 e. The van der Waals surface area contributed by atoms with E-state index in [2.05, 4.69) is 4.98 Å². The molecule has 0 atom stereocenters. The van der Waals surface area contributed by atoms with E-state index < -0.39 is 6.29 Å². The summed E-state index contributed by atoms with van der Waals surface area (Å²) in [4.78, 5) is 4.44. The van der Waals surface area contributed by atoms with Gasteiger partial charge in [0, 0.05) is 31.9 Å². The van der Waals surface area contributed by atoms with Crippen molar-refractivity contribution in [2.45, 2.75) is 37.1 Å². The molecular formula is C15H23NO3S2. The number of fused-ring (bicyclic) bond motifs is 10. The SMILES string of the molecule is COC(OC)c1c2cnc(c1O)CSCCCCCSC2. The van der Waals surface area contributed by atoms with Crippen LogP contribution in [0.5, 0.6) is 5.75 Å². The van der Waals surface area contributed by atoms with E-state index in [-0.39, 0.29) is 5.75 Å². The molecule has 2 aliphatic rings. The molecule has 21 heavy (non-hydrogen) atoms. The second kappa shape index (κ2) is 8.88. The molecule has 0 aliphatic carbocycles. The monoisotopic (exact) mass is 329 g/mol. The number of methoxy groups -OCH3 is 2. The highest BCUT2D eigenvalue weighted by atomic mass is 32.2. The number of nitrogens with zero attached hydrogens (tertiary/aromatic N) is 1. The van der Waals surface area contributed by atoms with Crippen LogP contribution in [0, 0.1) is 0 Å². The first-order valence-corrected chi connectivity index (χ1v) is 9.49. The molecule has 6 heteroatoms. The minimum atomic E-state index is -0.544. The van der Waals surface area contributed by atoms with E-state index in [1.54, 1.807) is 14.2 Å². The number of hydrogen-bond acceptors (Lipinski definition) is 6. The van der Waals surface area contributed by atoms with Crippen molar-refractivity contribution in [2.24, 2.45) is 0 Å². The first-order valence-electron chi connectivity index (χ1n) is 7.18. The number of pyridine rings is 1. The average Bonchev–Trinajstić information content (AvgIpc) is 2.53. The Kier molecular flexibility index (Phi) is 7.16. The Balaban J connectivity index is 2.33. The number of ether oxygens (including phenoxy) is 2. The topological polar surface area (TPSA) is 51.6 Å². The molecular weight excluding hydrogens is 306 g/mol. The number of rotatable bonds is 3. The van der Waals surface area contributed by atoms with Crippen molar-refractivity contribution < 1.29 is 14.6 Å². The molecule has 1 aromatic heterocycles. The predicted molar refractivity (Wildman–Crippen MR) is 88.8 cm³/mol. The van der Waals surface area contributed by atoms with Gasteiger partial charge in [-0.2, -0.15) is 23.5 Å². The maximum atomic E-state index is 10.6. The lowest BCUT2D eigenvalue weighted by atomic mass is 10.1. The van der Waals surface area contributed by atoms with Gasteiger partial charge in [-0.3, -0.25) is 4.98 Å². The molecule has 4 nitrogen and oxygen atoms in total. The van der Waals surface area contributed by atoms with E-state index in [0.29, 0.717) is 0 Å². The van der Waals surface area contributed by atoms with Crippen LogP contribution in [0.25, 0.3) is 0 Å². The van der Waals surface area contributed by atoms with Crippen LogP contribution in [-0.2, 0) is 21.0 Å². The van der Waals surface area contributed by atoms with E-state index in [4.69, 9.17) is 9.47 Å². The standard InChI is InChI=1S/C15H23NO3S2/c1-18-15(19-2)13-11-8-16-12(14(13)17)10-21-7-5-3-4-6-20-9-11/h8,15,17H,3-7,9-10H2,1-2H3. The average molecular weight is 329 g/mol. The highest BCUT2D eigenvalue weighted by molar-refractivity contribution is 7.98. The number of hydrogen-bond donors (Lipinski definition) is 1. The summed E-state index contributed by atoms with van der Waals surface area (Å²) in [6.45, 7) is 0. The maximum absolute atomic E-state index is 10.6. The van der Waals surface area contributed by atoms with E-state index in [0.717, 1.165) is 39.8 Å². The third-order valence-corrected chi connectivity index (χ3v) is 5.64. The zero-order chi connectivity index (χ0) is 15.1. The Bertz CT molecular complexity index is 453. The fraction of sp³-hybridized carbons (Fsp3) is 0.667. The van der Waals surface area contributed by atoms with Crippen LogP contribution in [0.3, 0.4) is 0 Å². The van der Waals surface area contributed by atoms with Crippen LogP contribution in [0.4, 0.5) is 0 Å². The number of aromatic hydroxyl groups is 1. The highest BCUT2D eigenvalue weighted by Crippen LogP contribution is 2.36. The van der Waals surface area contributed by atoms with Gasteiger partial charge in [0.1, 0.15) is 5.75 Å². The number of aromatic nitrogens is 1. The molecule has 0 saturated carbocycles. The summed E-state index contributed by atoms with van der Waals surface area (Å²) in [5.41, 5.74) is 2.46. The summed E-state index contributed by atoms with van der Waals surface area (Å²) in [6, 6.07) is 0. The minimum absolute atomic E-state index is 0.230. The molecule has 118 valence electrons. The van der Waals surface area contributed by atoms with Crippen molar-refractivity contribution >= 4 is 23.5 Å². The van der Waals surface area contributed by atoms with Crippen LogP contribution in [0.1, 0.15) is 42.4 Å². The smallest absolute Gasteiger partial charge is 0.187 e. The van der Waals surface area contributed by atoms with Crippen LogP contribution in [0.2, 0.25) is 0 Å². The lowest BCUT2D eigenvalue weighted by molar-refractivity contribution is -0.107. The summed E-state index contributed by atoms with van der Waals surface area (Å²) >= 11 is 3.70. The van der Waals surface area contributed by atoms with Gasteiger partial charge >= 0.3 is 0 Å². The molecule has 0 spiro atoms. The van der Waals surface area contributed by atoms with Gasteiger partial charge in [0.15, 0.2) is 6.29 Å². The Hall–Kier alpha value is -0.430. The Morgan fingerprint density at radius 1 is 1.10 bits per heavy atom. The van der Waals surface area contributed by atoms with E-state index in [9.17, 15) is 5.11 Å². The molecule has 0 aromatic carbocycles. The summed E-state index contributed by atoms with van der Waals surface area (Å²) in [6.07, 6.45) is 5.07. The van der Waals surface area contributed by atoms with Crippen LogP contribution >= 0.6 is 23.5 Å². The lowest BCUT2D eigenvalue weighted by Gasteiger charge is -2.20. The second-order valence-electron chi connectivity index (χ2n) is 4.96. The molecule has 3 rings (SSSR count). The van der Waals surface area contributed by atoms with Crippen LogP contribution in [-0.4, -0.2) is 35.8 Å². The molecule has 3 heterocycles. The molecule has 0 amide bonds. The Labute approximate surface area is 135 Å². The highest BCUT2D eigenvalue weighted by Gasteiger charge is 2.22. The van der Waals surface area contributed by atoms with Crippen molar-refractivity contribution in [3.63, 3.8) is 0 Å². The van der Waals surface area contributed by atoms with Crippen molar-refractivity contribution in [3.8, 4) is 5.75 Å². The Morgan fingerprint density at radius 2 is 1.76 bits per heavy atom. The van der Waals surface area contributed by atoms with Gasteiger partial charge < -0.3 is 14.6 Å². The fourth-order valence-corrected chi connectivity index (χ4v) is 4.31. The summed E-state index contributed by atoms with van der Waals surface area (Å²) < 4.78 is 10.7. The molecule has 1 aromatic rings. The zero-order valence-electron chi connectivity index (χ0n) is 12.6. The van der Waals surface area contributed by atoms with Gasteiger partial charge in [0.2, 0.25) is 0 Å². The Morgan fingerprint density at radius 3 is 2.43 bits per heavy atom. The molecule has 1 N–H and O–H groups in total. The van der Waals surface area contributed by atoms with Crippen molar-refractivity contribution in [1.82, 2.24) is 4.98 Å². The van der Waals surface area contributed by atoms with Gasteiger partial charge in [-0.05, 0) is 29.9 Å². The molecule has 0 saturated heterocycles. The summed E-state index contributed by atoms with van der Waals surface area (Å²) in [5, 5.41) is 10.6. The quantitative estimate of drug-likeness (QED) is 0.853. The van der Waals surface area contributed by atoms with Crippen LogP contribution in [0.15, 0.2) is 6.20 Å². The normalized spacial score (nSPS) is 17.3. The van der Waals surface area contributed by atoms with Gasteiger partial charge in [-0.1, -0.05) is 6.42 Å². The van der Waals surface area contributed by atoms with Gasteiger partial charge in [0.25, 0.3) is 0 Å².